The molecule has 1 fully saturated rings. The van der Waals surface area contributed by atoms with Crippen LogP contribution < -0.4 is 5.73 Å². The summed E-state index contributed by atoms with van der Waals surface area (Å²) in [5, 5.41) is 8.73. The molecule has 5 nitrogen and oxygen atoms in total. The van der Waals surface area contributed by atoms with Crippen LogP contribution in [0.1, 0.15) is 11.5 Å². The van der Waals surface area contributed by atoms with Crippen LogP contribution in [-0.2, 0) is 14.6 Å². The Hall–Kier alpha value is -1.89. The van der Waals surface area contributed by atoms with E-state index in [2.05, 4.69) is 0 Å². The first-order valence-electron chi connectivity index (χ1n) is 6.86. The first-order chi connectivity index (χ1) is 10.8. The summed E-state index contributed by atoms with van der Waals surface area (Å²) < 4.78 is 25.6. The molecule has 0 saturated heterocycles. The van der Waals surface area contributed by atoms with E-state index in [1.807, 2.05) is 0 Å². The van der Waals surface area contributed by atoms with Crippen molar-refractivity contribution in [2.24, 2.45) is 5.73 Å². The zero-order valence-corrected chi connectivity index (χ0v) is 13.5. The third-order valence-electron chi connectivity index (χ3n) is 4.18. The van der Waals surface area contributed by atoms with Crippen molar-refractivity contribution in [3.05, 3.63) is 65.2 Å². The fraction of sp³-hybridized carbons (Fsp3) is 0.188. The van der Waals surface area contributed by atoms with Gasteiger partial charge in [0.15, 0.2) is 9.84 Å². The van der Waals surface area contributed by atoms with Gasteiger partial charge in [0.25, 0.3) is 0 Å². The molecule has 0 radical (unpaired) electrons. The molecule has 0 amide bonds. The van der Waals surface area contributed by atoms with E-state index in [0.717, 1.165) is 0 Å². The summed E-state index contributed by atoms with van der Waals surface area (Å²) in [4.78, 5) is 11.7. The number of sulfone groups is 1. The maximum Gasteiger partial charge on any atom is 0.325 e. The minimum atomic E-state index is -3.86. The van der Waals surface area contributed by atoms with Gasteiger partial charge in [0.1, 0.15) is 10.8 Å². The fourth-order valence-corrected chi connectivity index (χ4v) is 5.32. The van der Waals surface area contributed by atoms with E-state index in [-0.39, 0.29) is 4.90 Å². The lowest BCUT2D eigenvalue weighted by atomic mass is 10.1. The summed E-state index contributed by atoms with van der Waals surface area (Å²) in [6.07, 6.45) is 0. The standard InChI is InChI=1S/C16H14ClNO4S/c17-11-8-6-10(7-9-11)13-14(16(13,18)15(19)20)23(21,22)12-4-2-1-3-5-12/h1-9,13-14H,18H2,(H,19,20)/t13-,14-,16+/m0/s1. The molecule has 0 spiro atoms. The monoisotopic (exact) mass is 351 g/mol. The summed E-state index contributed by atoms with van der Waals surface area (Å²) in [6, 6.07) is 14.1. The highest BCUT2D eigenvalue weighted by atomic mass is 35.5. The van der Waals surface area contributed by atoms with Crippen molar-refractivity contribution in [2.75, 3.05) is 0 Å². The molecule has 0 heterocycles. The molecule has 0 aliphatic heterocycles. The number of carbonyl (C=O) groups is 1. The SMILES string of the molecule is N[C@]1(C(=O)O)[C@@H](c2ccc(Cl)cc2)[C@@H]1S(=O)(=O)c1ccccc1. The fourth-order valence-electron chi connectivity index (χ4n) is 2.94. The molecule has 7 heteroatoms. The van der Waals surface area contributed by atoms with Gasteiger partial charge < -0.3 is 10.8 Å². The van der Waals surface area contributed by atoms with Gasteiger partial charge >= 0.3 is 5.97 Å². The zero-order chi connectivity index (χ0) is 16.8. The number of rotatable bonds is 4. The van der Waals surface area contributed by atoms with Gasteiger partial charge in [0, 0.05) is 10.9 Å². The summed E-state index contributed by atoms with van der Waals surface area (Å²) >= 11 is 5.83. The number of aliphatic carboxylic acids is 1. The van der Waals surface area contributed by atoms with Crippen LogP contribution in [0, 0.1) is 0 Å². The number of hydrogen-bond donors (Lipinski definition) is 2. The second-order valence-corrected chi connectivity index (χ2v) is 8.05. The van der Waals surface area contributed by atoms with Crippen molar-refractivity contribution < 1.29 is 18.3 Å². The molecule has 2 aromatic carbocycles. The normalized spacial score (nSPS) is 26.7. The molecule has 23 heavy (non-hydrogen) atoms. The lowest BCUT2D eigenvalue weighted by Crippen LogP contribution is -2.39. The third kappa shape index (κ3) is 2.43. The van der Waals surface area contributed by atoms with Crippen LogP contribution >= 0.6 is 11.6 Å². The molecule has 0 aromatic heterocycles. The van der Waals surface area contributed by atoms with Crippen LogP contribution in [0.5, 0.6) is 0 Å². The quantitative estimate of drug-likeness (QED) is 0.878. The number of carboxylic acid groups (broad SMARTS) is 1. The lowest BCUT2D eigenvalue weighted by molar-refractivity contribution is -0.139. The third-order valence-corrected chi connectivity index (χ3v) is 6.70. The molecule has 120 valence electrons. The summed E-state index contributed by atoms with van der Waals surface area (Å²) in [5.41, 5.74) is 4.66. The molecule has 0 unspecified atom stereocenters. The van der Waals surface area contributed by atoms with E-state index in [9.17, 15) is 18.3 Å². The molecular weight excluding hydrogens is 338 g/mol. The Kier molecular flexibility index (Phi) is 3.71. The summed E-state index contributed by atoms with van der Waals surface area (Å²) in [7, 11) is -3.86. The first kappa shape index (κ1) is 16.0. The molecule has 1 aliphatic rings. The van der Waals surface area contributed by atoms with Gasteiger partial charge in [0.2, 0.25) is 0 Å². The van der Waals surface area contributed by atoms with Gasteiger partial charge in [-0.05, 0) is 29.8 Å². The maximum atomic E-state index is 12.8. The molecule has 3 N–H and O–H groups in total. The van der Waals surface area contributed by atoms with E-state index >= 15 is 0 Å². The Balaban J connectivity index is 2.07. The van der Waals surface area contributed by atoms with E-state index in [1.54, 1.807) is 42.5 Å². The van der Waals surface area contributed by atoms with Crippen LogP contribution in [0.4, 0.5) is 0 Å². The highest BCUT2D eigenvalue weighted by Crippen LogP contribution is 2.55. The molecule has 0 bridgehead atoms. The zero-order valence-electron chi connectivity index (χ0n) is 11.9. The van der Waals surface area contributed by atoms with Crippen LogP contribution in [0.25, 0.3) is 0 Å². The van der Waals surface area contributed by atoms with Crippen molar-refractivity contribution in [3.8, 4) is 0 Å². The Bertz CT molecular complexity index is 851. The molecule has 1 saturated carbocycles. The van der Waals surface area contributed by atoms with Gasteiger partial charge in [-0.25, -0.2) is 8.42 Å². The molecule has 1 aliphatic carbocycles. The number of nitrogens with two attached hydrogens (primary N) is 1. The van der Waals surface area contributed by atoms with Gasteiger partial charge in [-0.1, -0.05) is 41.9 Å². The number of benzene rings is 2. The van der Waals surface area contributed by atoms with Crippen LogP contribution in [-0.4, -0.2) is 30.3 Å². The second kappa shape index (κ2) is 5.33. The largest absolute Gasteiger partial charge is 0.480 e. The van der Waals surface area contributed by atoms with E-state index < -0.39 is 32.5 Å². The molecule has 3 atom stereocenters. The topological polar surface area (TPSA) is 97.5 Å². The summed E-state index contributed by atoms with van der Waals surface area (Å²) in [5.74, 6) is -2.15. The first-order valence-corrected chi connectivity index (χ1v) is 8.78. The summed E-state index contributed by atoms with van der Waals surface area (Å²) in [6.45, 7) is 0. The molecule has 3 rings (SSSR count). The lowest BCUT2D eigenvalue weighted by Gasteiger charge is -2.06. The second-order valence-electron chi connectivity index (χ2n) is 5.55. The minimum Gasteiger partial charge on any atom is -0.480 e. The van der Waals surface area contributed by atoms with Crippen molar-refractivity contribution >= 4 is 27.4 Å². The Morgan fingerprint density at radius 2 is 1.65 bits per heavy atom. The van der Waals surface area contributed by atoms with Crippen LogP contribution in [0.15, 0.2) is 59.5 Å². The van der Waals surface area contributed by atoms with E-state index in [4.69, 9.17) is 17.3 Å². The average molecular weight is 352 g/mol. The average Bonchev–Trinajstić information content (AvgIpc) is 3.18. The van der Waals surface area contributed by atoms with E-state index in [0.29, 0.717) is 10.6 Å². The van der Waals surface area contributed by atoms with Gasteiger partial charge in [-0.3, -0.25) is 4.79 Å². The van der Waals surface area contributed by atoms with Crippen molar-refractivity contribution in [1.82, 2.24) is 0 Å². The van der Waals surface area contributed by atoms with Crippen molar-refractivity contribution in [1.29, 1.82) is 0 Å². The van der Waals surface area contributed by atoms with Crippen molar-refractivity contribution in [3.63, 3.8) is 0 Å². The van der Waals surface area contributed by atoms with Crippen LogP contribution in [0.2, 0.25) is 5.02 Å². The Labute approximate surface area is 138 Å². The Morgan fingerprint density at radius 1 is 1.09 bits per heavy atom. The maximum absolute atomic E-state index is 12.8. The number of halogens is 1. The molecule has 2 aromatic rings. The van der Waals surface area contributed by atoms with Gasteiger partial charge in [-0.2, -0.15) is 0 Å². The molecular formula is C16H14ClNO4S. The Morgan fingerprint density at radius 3 is 2.17 bits per heavy atom. The highest BCUT2D eigenvalue weighted by Gasteiger charge is 2.74. The van der Waals surface area contributed by atoms with Gasteiger partial charge in [-0.15, -0.1) is 0 Å². The van der Waals surface area contributed by atoms with Gasteiger partial charge in [0.05, 0.1) is 4.90 Å². The minimum absolute atomic E-state index is 0.0672. The number of hydrogen-bond acceptors (Lipinski definition) is 4. The highest BCUT2D eigenvalue weighted by molar-refractivity contribution is 7.92. The van der Waals surface area contributed by atoms with Crippen molar-refractivity contribution in [2.45, 2.75) is 21.6 Å². The predicted molar refractivity (Wildman–Crippen MR) is 86.2 cm³/mol. The number of carboxylic acids is 1. The van der Waals surface area contributed by atoms with E-state index in [1.165, 1.54) is 12.1 Å². The smallest absolute Gasteiger partial charge is 0.325 e. The van der Waals surface area contributed by atoms with Crippen LogP contribution in [0.3, 0.4) is 0 Å². The predicted octanol–water partition coefficient (Wildman–Crippen LogP) is 2.06.